The Kier molecular flexibility index (Phi) is 6.78. The molecule has 1 saturated heterocycles. The lowest BCUT2D eigenvalue weighted by Crippen LogP contribution is -2.56. The van der Waals surface area contributed by atoms with Gasteiger partial charge < -0.3 is 5.32 Å². The number of aryl methyl sites for hydroxylation is 2. The van der Waals surface area contributed by atoms with Crippen molar-refractivity contribution in [3.8, 4) is 0 Å². The van der Waals surface area contributed by atoms with Gasteiger partial charge in [-0.05, 0) is 45.2 Å². The van der Waals surface area contributed by atoms with Gasteiger partial charge in [0.25, 0.3) is 0 Å². The van der Waals surface area contributed by atoms with E-state index in [1.165, 1.54) is 19.3 Å². The van der Waals surface area contributed by atoms with Crippen LogP contribution in [0.5, 0.6) is 0 Å². The second-order valence-corrected chi connectivity index (χ2v) is 10.1. The van der Waals surface area contributed by atoms with Crippen LogP contribution in [0.25, 0.3) is 0 Å². The van der Waals surface area contributed by atoms with E-state index in [4.69, 9.17) is 0 Å². The van der Waals surface area contributed by atoms with Crippen molar-refractivity contribution >= 4 is 15.9 Å². The first kappa shape index (κ1) is 21.3. The number of carbonyl (C=O) groups excluding carboxylic acids is 1. The average Bonchev–Trinajstić information content (AvgIpc) is 2.68. The molecule has 156 valence electrons. The van der Waals surface area contributed by atoms with Crippen LogP contribution in [-0.2, 0) is 14.8 Å². The Morgan fingerprint density at radius 1 is 1.07 bits per heavy atom. The summed E-state index contributed by atoms with van der Waals surface area (Å²) in [4.78, 5) is 15.1. The number of hydrogen-bond acceptors (Lipinski definition) is 4. The fourth-order valence-corrected chi connectivity index (χ4v) is 5.92. The number of benzene rings is 1. The molecule has 1 saturated carbocycles. The third-order valence-electron chi connectivity index (χ3n) is 6.10. The molecule has 0 radical (unpaired) electrons. The highest BCUT2D eigenvalue weighted by Gasteiger charge is 2.33. The molecule has 1 amide bonds. The smallest absolute Gasteiger partial charge is 0.243 e. The lowest BCUT2D eigenvalue weighted by Gasteiger charge is -2.37. The molecular weight excluding hydrogens is 374 g/mol. The Hall–Kier alpha value is -1.44. The fraction of sp³-hybridized carbons (Fsp3) is 0.667. The number of amides is 1. The number of sulfonamides is 1. The van der Waals surface area contributed by atoms with Crippen LogP contribution in [0.4, 0.5) is 0 Å². The monoisotopic (exact) mass is 407 g/mol. The molecule has 1 aliphatic carbocycles. The Bertz CT molecular complexity index is 795. The van der Waals surface area contributed by atoms with Gasteiger partial charge in [-0.15, -0.1) is 0 Å². The predicted molar refractivity (Wildman–Crippen MR) is 111 cm³/mol. The van der Waals surface area contributed by atoms with Gasteiger partial charge in [0.05, 0.1) is 10.9 Å². The molecule has 1 N–H and O–H groups in total. The van der Waals surface area contributed by atoms with Gasteiger partial charge >= 0.3 is 0 Å². The van der Waals surface area contributed by atoms with Crippen LogP contribution >= 0.6 is 0 Å². The molecule has 2 fully saturated rings. The Morgan fingerprint density at radius 3 is 2.32 bits per heavy atom. The summed E-state index contributed by atoms with van der Waals surface area (Å²) < 4.78 is 27.6. The van der Waals surface area contributed by atoms with E-state index >= 15 is 0 Å². The number of hydrogen-bond donors (Lipinski definition) is 1. The zero-order valence-corrected chi connectivity index (χ0v) is 18.1. The molecule has 28 heavy (non-hydrogen) atoms. The molecule has 1 atom stereocenters. The Morgan fingerprint density at radius 2 is 1.71 bits per heavy atom. The van der Waals surface area contributed by atoms with Crippen molar-refractivity contribution in [1.82, 2.24) is 14.5 Å². The lowest BCUT2D eigenvalue weighted by atomic mass is 9.95. The summed E-state index contributed by atoms with van der Waals surface area (Å²) >= 11 is 0. The van der Waals surface area contributed by atoms with Crippen LogP contribution in [0.3, 0.4) is 0 Å². The van der Waals surface area contributed by atoms with E-state index in [0.29, 0.717) is 37.1 Å². The molecule has 2 aliphatic rings. The number of piperazine rings is 1. The van der Waals surface area contributed by atoms with Gasteiger partial charge in [0, 0.05) is 32.2 Å². The second-order valence-electron chi connectivity index (χ2n) is 8.23. The SMILES string of the molecule is Cc1ccc(S(=O)(=O)N2CCN([C@@H](C)C(=O)NC3CCCCC3)CC2)c(C)c1. The summed E-state index contributed by atoms with van der Waals surface area (Å²) in [6.07, 6.45) is 5.78. The highest BCUT2D eigenvalue weighted by atomic mass is 32.2. The molecular formula is C21H33N3O3S. The summed E-state index contributed by atoms with van der Waals surface area (Å²) in [5.74, 6) is 0.0672. The van der Waals surface area contributed by atoms with Crippen molar-refractivity contribution in [2.75, 3.05) is 26.2 Å². The van der Waals surface area contributed by atoms with E-state index < -0.39 is 10.0 Å². The van der Waals surface area contributed by atoms with Crippen LogP contribution in [-0.4, -0.2) is 61.8 Å². The summed E-state index contributed by atoms with van der Waals surface area (Å²) in [7, 11) is -3.50. The third kappa shape index (κ3) is 4.75. The Balaban J connectivity index is 1.58. The van der Waals surface area contributed by atoms with Gasteiger partial charge in [-0.25, -0.2) is 8.42 Å². The molecule has 6 nitrogen and oxygen atoms in total. The van der Waals surface area contributed by atoms with Gasteiger partial charge in [0.15, 0.2) is 0 Å². The highest BCUT2D eigenvalue weighted by Crippen LogP contribution is 2.23. The molecule has 0 spiro atoms. The molecule has 0 unspecified atom stereocenters. The van der Waals surface area contributed by atoms with Crippen LogP contribution in [0.15, 0.2) is 23.1 Å². The molecule has 7 heteroatoms. The third-order valence-corrected chi connectivity index (χ3v) is 8.16. The van der Waals surface area contributed by atoms with E-state index in [9.17, 15) is 13.2 Å². The normalized spacial score (nSPS) is 21.4. The van der Waals surface area contributed by atoms with Crippen molar-refractivity contribution in [1.29, 1.82) is 0 Å². The quantitative estimate of drug-likeness (QED) is 0.814. The average molecular weight is 408 g/mol. The molecule has 1 aromatic rings. The summed E-state index contributed by atoms with van der Waals surface area (Å²) in [6, 6.07) is 5.52. The van der Waals surface area contributed by atoms with Crippen LogP contribution < -0.4 is 5.32 Å². The van der Waals surface area contributed by atoms with Gasteiger partial charge in [0.2, 0.25) is 15.9 Å². The fourth-order valence-electron chi connectivity index (χ4n) is 4.29. The van der Waals surface area contributed by atoms with Crippen molar-refractivity contribution < 1.29 is 13.2 Å². The van der Waals surface area contributed by atoms with Crippen LogP contribution in [0, 0.1) is 13.8 Å². The zero-order valence-electron chi connectivity index (χ0n) is 17.3. The van der Waals surface area contributed by atoms with Crippen molar-refractivity contribution in [2.45, 2.75) is 69.9 Å². The first-order valence-corrected chi connectivity index (χ1v) is 11.8. The molecule has 0 aromatic heterocycles. The van der Waals surface area contributed by atoms with Crippen LogP contribution in [0.1, 0.15) is 50.2 Å². The van der Waals surface area contributed by atoms with Crippen molar-refractivity contribution in [3.05, 3.63) is 29.3 Å². The van der Waals surface area contributed by atoms with E-state index in [-0.39, 0.29) is 11.9 Å². The van der Waals surface area contributed by atoms with Crippen LogP contribution in [0.2, 0.25) is 0 Å². The molecule has 0 bridgehead atoms. The Labute approximate surface area is 169 Å². The summed E-state index contributed by atoms with van der Waals surface area (Å²) in [5.41, 5.74) is 1.83. The van der Waals surface area contributed by atoms with E-state index in [1.54, 1.807) is 10.4 Å². The van der Waals surface area contributed by atoms with Gasteiger partial charge in [-0.2, -0.15) is 4.31 Å². The summed E-state index contributed by atoms with van der Waals surface area (Å²) in [6.45, 7) is 7.70. The minimum Gasteiger partial charge on any atom is -0.352 e. The zero-order chi connectivity index (χ0) is 20.3. The first-order chi connectivity index (χ1) is 13.3. The summed E-state index contributed by atoms with van der Waals surface area (Å²) in [5, 5.41) is 3.18. The number of carbonyl (C=O) groups is 1. The number of nitrogens with zero attached hydrogens (tertiary/aromatic N) is 2. The molecule has 1 aromatic carbocycles. The minimum atomic E-state index is -3.50. The molecule has 1 aliphatic heterocycles. The number of nitrogens with one attached hydrogen (secondary N) is 1. The molecule has 1 heterocycles. The van der Waals surface area contributed by atoms with Crippen molar-refractivity contribution in [2.24, 2.45) is 0 Å². The largest absolute Gasteiger partial charge is 0.352 e. The van der Waals surface area contributed by atoms with Crippen molar-refractivity contribution in [3.63, 3.8) is 0 Å². The maximum absolute atomic E-state index is 13.0. The second kappa shape index (κ2) is 8.93. The highest BCUT2D eigenvalue weighted by molar-refractivity contribution is 7.89. The van der Waals surface area contributed by atoms with Gasteiger partial charge in [-0.1, -0.05) is 37.0 Å². The molecule has 3 rings (SSSR count). The number of rotatable bonds is 5. The standard InChI is InChI=1S/C21H33N3O3S/c1-16-9-10-20(17(2)15-16)28(26,27)24-13-11-23(12-14-24)18(3)21(25)22-19-7-5-4-6-8-19/h9-10,15,18-19H,4-8,11-14H2,1-3H3,(H,22,25)/t18-/m0/s1. The maximum atomic E-state index is 13.0. The van der Waals surface area contributed by atoms with E-state index in [1.807, 2.05) is 32.9 Å². The van der Waals surface area contributed by atoms with Gasteiger partial charge in [0.1, 0.15) is 0 Å². The maximum Gasteiger partial charge on any atom is 0.243 e. The van der Waals surface area contributed by atoms with E-state index in [0.717, 1.165) is 24.0 Å². The topological polar surface area (TPSA) is 69.7 Å². The minimum absolute atomic E-state index is 0.0672. The predicted octanol–water partition coefficient (Wildman–Crippen LogP) is 2.45. The van der Waals surface area contributed by atoms with E-state index in [2.05, 4.69) is 10.2 Å². The lowest BCUT2D eigenvalue weighted by molar-refractivity contribution is -0.127. The van der Waals surface area contributed by atoms with Gasteiger partial charge in [-0.3, -0.25) is 9.69 Å². The first-order valence-electron chi connectivity index (χ1n) is 10.4.